The Kier molecular flexibility index (Phi) is 4.17. The van der Waals surface area contributed by atoms with Gasteiger partial charge in [0.15, 0.2) is 0 Å². The molecule has 17 heavy (non-hydrogen) atoms. The Morgan fingerprint density at radius 1 is 1.41 bits per heavy atom. The van der Waals surface area contributed by atoms with Crippen LogP contribution in [0.5, 0.6) is 0 Å². The van der Waals surface area contributed by atoms with Crippen LogP contribution in [0.1, 0.15) is 40.5 Å². The van der Waals surface area contributed by atoms with E-state index < -0.39 is 17.3 Å². The van der Waals surface area contributed by atoms with E-state index >= 15 is 0 Å². The molecule has 1 rings (SSSR count). The molecule has 0 aromatic heterocycles. The zero-order chi connectivity index (χ0) is 13.2. The minimum atomic E-state index is -1.01. The summed E-state index contributed by atoms with van der Waals surface area (Å²) in [5, 5.41) is 9.22. The summed E-state index contributed by atoms with van der Waals surface area (Å²) in [7, 11) is 0. The van der Waals surface area contributed by atoms with Gasteiger partial charge in [-0.3, -0.25) is 9.59 Å². The maximum Gasteiger partial charge on any atom is 0.316 e. The Balaban J connectivity index is 2.77. The summed E-state index contributed by atoms with van der Waals surface area (Å²) in [5.41, 5.74) is -0.535. The smallest absolute Gasteiger partial charge is 0.316 e. The van der Waals surface area contributed by atoms with Gasteiger partial charge in [0.05, 0.1) is 0 Å². The molecule has 1 aliphatic heterocycles. The van der Waals surface area contributed by atoms with Gasteiger partial charge in [0.25, 0.3) is 0 Å². The average Bonchev–Trinajstić information content (AvgIpc) is 2.62. The third-order valence-electron chi connectivity index (χ3n) is 3.53. The number of amides is 1. The number of carboxylic acids is 1. The van der Waals surface area contributed by atoms with Gasteiger partial charge >= 0.3 is 5.97 Å². The SMILES string of the molecule is CCC1CCN(C(=O)C(C(=O)O)C(C)(C)C)C1. The lowest BCUT2D eigenvalue weighted by molar-refractivity contribution is -0.155. The van der Waals surface area contributed by atoms with E-state index in [1.807, 2.05) is 0 Å². The minimum absolute atomic E-state index is 0.221. The summed E-state index contributed by atoms with van der Waals surface area (Å²) in [5.74, 6) is -1.63. The van der Waals surface area contributed by atoms with Gasteiger partial charge in [0.1, 0.15) is 5.92 Å². The molecule has 2 unspecified atom stereocenters. The molecular formula is C13H23NO3. The van der Waals surface area contributed by atoms with Gasteiger partial charge in [-0.25, -0.2) is 0 Å². The Morgan fingerprint density at radius 3 is 2.35 bits per heavy atom. The summed E-state index contributed by atoms with van der Waals surface area (Å²) in [4.78, 5) is 25.2. The second-order valence-corrected chi connectivity index (χ2v) is 5.98. The second-order valence-electron chi connectivity index (χ2n) is 5.98. The van der Waals surface area contributed by atoms with Crippen LogP contribution in [-0.4, -0.2) is 35.0 Å². The first-order valence-corrected chi connectivity index (χ1v) is 6.29. The van der Waals surface area contributed by atoms with Crippen LogP contribution in [0.15, 0.2) is 0 Å². The fraction of sp³-hybridized carbons (Fsp3) is 0.846. The normalized spacial score (nSPS) is 22.6. The maximum atomic E-state index is 12.2. The molecule has 0 radical (unpaired) electrons. The molecule has 0 saturated carbocycles. The number of carbonyl (C=O) groups excluding carboxylic acids is 1. The summed E-state index contributed by atoms with van der Waals surface area (Å²) >= 11 is 0. The van der Waals surface area contributed by atoms with Gasteiger partial charge in [-0.2, -0.15) is 0 Å². The first-order chi connectivity index (χ1) is 7.77. The molecule has 1 fully saturated rings. The molecule has 0 aromatic carbocycles. The monoisotopic (exact) mass is 241 g/mol. The van der Waals surface area contributed by atoms with Crippen LogP contribution in [0.2, 0.25) is 0 Å². The number of rotatable bonds is 3. The molecule has 1 aliphatic rings. The number of likely N-dealkylation sites (tertiary alicyclic amines) is 1. The van der Waals surface area contributed by atoms with Crippen LogP contribution in [0.25, 0.3) is 0 Å². The van der Waals surface area contributed by atoms with E-state index in [4.69, 9.17) is 0 Å². The third kappa shape index (κ3) is 3.20. The Bertz CT molecular complexity index is 306. The predicted molar refractivity (Wildman–Crippen MR) is 65.6 cm³/mol. The van der Waals surface area contributed by atoms with Gasteiger partial charge in [0.2, 0.25) is 5.91 Å². The standard InChI is InChI=1S/C13H23NO3/c1-5-9-6-7-14(8-9)11(15)10(12(16)17)13(2,3)4/h9-10H,5-8H2,1-4H3,(H,16,17). The molecule has 98 valence electrons. The largest absolute Gasteiger partial charge is 0.481 e. The number of carboxylic acid groups (broad SMARTS) is 1. The third-order valence-corrected chi connectivity index (χ3v) is 3.53. The van der Waals surface area contributed by atoms with E-state index in [9.17, 15) is 14.7 Å². The predicted octanol–water partition coefficient (Wildman–Crippen LogP) is 1.99. The molecule has 1 heterocycles. The lowest BCUT2D eigenvalue weighted by atomic mass is 9.80. The van der Waals surface area contributed by atoms with E-state index in [0.717, 1.165) is 19.4 Å². The molecule has 2 atom stereocenters. The van der Waals surface area contributed by atoms with Crippen molar-refractivity contribution >= 4 is 11.9 Å². The number of hydrogen-bond acceptors (Lipinski definition) is 2. The van der Waals surface area contributed by atoms with Gasteiger partial charge in [-0.1, -0.05) is 34.1 Å². The highest BCUT2D eigenvalue weighted by molar-refractivity contribution is 5.97. The van der Waals surface area contributed by atoms with E-state index in [-0.39, 0.29) is 5.91 Å². The van der Waals surface area contributed by atoms with Crippen molar-refractivity contribution in [1.82, 2.24) is 4.90 Å². The van der Waals surface area contributed by atoms with E-state index in [1.165, 1.54) is 0 Å². The van der Waals surface area contributed by atoms with E-state index in [2.05, 4.69) is 6.92 Å². The van der Waals surface area contributed by atoms with Crippen molar-refractivity contribution in [2.45, 2.75) is 40.5 Å². The fourth-order valence-corrected chi connectivity index (χ4v) is 2.40. The highest BCUT2D eigenvalue weighted by atomic mass is 16.4. The molecule has 0 aromatic rings. The van der Waals surface area contributed by atoms with Crippen molar-refractivity contribution in [3.8, 4) is 0 Å². The van der Waals surface area contributed by atoms with Crippen LogP contribution in [-0.2, 0) is 9.59 Å². The molecular weight excluding hydrogens is 218 g/mol. The molecule has 0 spiro atoms. The minimum Gasteiger partial charge on any atom is -0.481 e. The van der Waals surface area contributed by atoms with Crippen molar-refractivity contribution in [3.63, 3.8) is 0 Å². The van der Waals surface area contributed by atoms with Crippen LogP contribution in [0, 0.1) is 17.3 Å². The highest BCUT2D eigenvalue weighted by Gasteiger charge is 2.41. The van der Waals surface area contributed by atoms with Crippen molar-refractivity contribution in [2.75, 3.05) is 13.1 Å². The quantitative estimate of drug-likeness (QED) is 0.769. The summed E-state index contributed by atoms with van der Waals surface area (Å²) in [6.07, 6.45) is 2.05. The number of nitrogens with zero attached hydrogens (tertiary/aromatic N) is 1. The molecule has 1 amide bonds. The van der Waals surface area contributed by atoms with E-state index in [1.54, 1.807) is 25.7 Å². The lowest BCUT2D eigenvalue weighted by Crippen LogP contribution is -2.44. The molecule has 1 saturated heterocycles. The summed E-state index contributed by atoms with van der Waals surface area (Å²) in [6, 6.07) is 0. The van der Waals surface area contributed by atoms with Crippen LogP contribution in [0.3, 0.4) is 0 Å². The van der Waals surface area contributed by atoms with Crippen LogP contribution >= 0.6 is 0 Å². The first-order valence-electron chi connectivity index (χ1n) is 6.29. The molecule has 0 aliphatic carbocycles. The summed E-state index contributed by atoms with van der Waals surface area (Å²) in [6.45, 7) is 8.94. The first kappa shape index (κ1) is 14.0. The van der Waals surface area contributed by atoms with E-state index in [0.29, 0.717) is 12.5 Å². The highest BCUT2D eigenvalue weighted by Crippen LogP contribution is 2.30. The number of hydrogen-bond donors (Lipinski definition) is 1. The fourth-order valence-electron chi connectivity index (χ4n) is 2.40. The zero-order valence-electron chi connectivity index (χ0n) is 11.2. The van der Waals surface area contributed by atoms with Crippen molar-refractivity contribution in [1.29, 1.82) is 0 Å². The van der Waals surface area contributed by atoms with Crippen molar-refractivity contribution < 1.29 is 14.7 Å². The lowest BCUT2D eigenvalue weighted by Gasteiger charge is -2.29. The Labute approximate surface area is 103 Å². The number of aliphatic carboxylic acids is 1. The summed E-state index contributed by atoms with van der Waals surface area (Å²) < 4.78 is 0. The van der Waals surface area contributed by atoms with Crippen molar-refractivity contribution in [3.05, 3.63) is 0 Å². The van der Waals surface area contributed by atoms with Gasteiger partial charge in [0, 0.05) is 13.1 Å². The van der Waals surface area contributed by atoms with Crippen LogP contribution in [0.4, 0.5) is 0 Å². The van der Waals surface area contributed by atoms with Gasteiger partial charge < -0.3 is 10.0 Å². The van der Waals surface area contributed by atoms with Gasteiger partial charge in [-0.05, 0) is 17.8 Å². The molecule has 1 N–H and O–H groups in total. The topological polar surface area (TPSA) is 57.6 Å². The Morgan fingerprint density at radius 2 is 2.00 bits per heavy atom. The van der Waals surface area contributed by atoms with Gasteiger partial charge in [-0.15, -0.1) is 0 Å². The average molecular weight is 241 g/mol. The maximum absolute atomic E-state index is 12.2. The van der Waals surface area contributed by atoms with Crippen LogP contribution < -0.4 is 0 Å². The van der Waals surface area contributed by atoms with Crippen molar-refractivity contribution in [2.24, 2.45) is 17.3 Å². The number of carbonyl (C=O) groups is 2. The molecule has 4 heteroatoms. The zero-order valence-corrected chi connectivity index (χ0v) is 11.2. The molecule has 0 bridgehead atoms. The molecule has 4 nitrogen and oxygen atoms in total. The Hall–Kier alpha value is -1.06. The second kappa shape index (κ2) is 5.07.